The number of aryl methyl sites for hydroxylation is 1. The third-order valence-electron chi connectivity index (χ3n) is 4.72. The Morgan fingerprint density at radius 1 is 1.17 bits per heavy atom. The molecule has 2 aliphatic rings. The molecule has 0 bridgehead atoms. The highest BCUT2D eigenvalue weighted by Gasteiger charge is 2.54. The third-order valence-corrected chi connectivity index (χ3v) is 6.13. The maximum Gasteiger partial charge on any atom is 0.181 e. The Balaban J connectivity index is 1.66. The fourth-order valence-corrected chi connectivity index (χ4v) is 4.94. The minimum atomic E-state index is -1.33. The molecule has 0 saturated carbocycles. The molecule has 2 aliphatic heterocycles. The Labute approximate surface area is 145 Å². The number of hydrogen-bond donors (Lipinski definition) is 1. The van der Waals surface area contributed by atoms with E-state index in [9.17, 15) is 9.50 Å². The minimum absolute atomic E-state index is 0.145. The van der Waals surface area contributed by atoms with Gasteiger partial charge in [-0.25, -0.2) is 4.39 Å². The number of amidine groups is 1. The standard InChI is InChI=1S/C19H19FN2OS/c20-16-9-5-4-8-15(16)19(23)17(24-18-21-12-13-22(18)19)11-10-14-6-2-1-3-7-14/h1-9,17,23H,10-13H2/t17-,19-/m0/s1. The molecule has 0 aromatic heterocycles. The van der Waals surface area contributed by atoms with E-state index in [0.717, 1.165) is 18.0 Å². The molecule has 124 valence electrons. The van der Waals surface area contributed by atoms with Gasteiger partial charge in [0.15, 0.2) is 10.9 Å². The first kappa shape index (κ1) is 15.7. The molecule has 24 heavy (non-hydrogen) atoms. The van der Waals surface area contributed by atoms with Crippen molar-refractivity contribution in [3.8, 4) is 0 Å². The maximum atomic E-state index is 14.4. The van der Waals surface area contributed by atoms with Crippen LogP contribution in [0.15, 0.2) is 59.6 Å². The topological polar surface area (TPSA) is 35.8 Å². The second-order valence-corrected chi connectivity index (χ2v) is 7.32. The summed E-state index contributed by atoms with van der Waals surface area (Å²) in [5, 5.41) is 12.2. The number of aliphatic imine (C=N–C) groups is 1. The fourth-order valence-electron chi connectivity index (χ4n) is 3.51. The van der Waals surface area contributed by atoms with Gasteiger partial charge in [-0.3, -0.25) is 4.99 Å². The predicted octanol–water partition coefficient (Wildman–Crippen LogP) is 3.39. The molecule has 0 aliphatic carbocycles. The van der Waals surface area contributed by atoms with Gasteiger partial charge in [-0.15, -0.1) is 0 Å². The minimum Gasteiger partial charge on any atom is -0.366 e. The summed E-state index contributed by atoms with van der Waals surface area (Å²) in [6, 6.07) is 16.7. The van der Waals surface area contributed by atoms with Gasteiger partial charge in [0.05, 0.1) is 11.8 Å². The lowest BCUT2D eigenvalue weighted by atomic mass is 9.93. The van der Waals surface area contributed by atoms with Crippen LogP contribution in [0.5, 0.6) is 0 Å². The van der Waals surface area contributed by atoms with Gasteiger partial charge in [-0.2, -0.15) is 0 Å². The van der Waals surface area contributed by atoms with E-state index >= 15 is 0 Å². The lowest BCUT2D eigenvalue weighted by Gasteiger charge is -2.36. The van der Waals surface area contributed by atoms with Crippen molar-refractivity contribution >= 4 is 16.9 Å². The number of hydrogen-bond acceptors (Lipinski definition) is 4. The van der Waals surface area contributed by atoms with Crippen LogP contribution >= 0.6 is 11.8 Å². The van der Waals surface area contributed by atoms with Gasteiger partial charge >= 0.3 is 0 Å². The molecule has 2 atom stereocenters. The van der Waals surface area contributed by atoms with Crippen LogP contribution in [0.3, 0.4) is 0 Å². The first-order valence-electron chi connectivity index (χ1n) is 8.19. The first-order chi connectivity index (χ1) is 11.7. The molecule has 5 heteroatoms. The lowest BCUT2D eigenvalue weighted by Crippen LogP contribution is -2.48. The maximum absolute atomic E-state index is 14.4. The number of benzene rings is 2. The number of aliphatic hydroxyl groups is 1. The Hall–Kier alpha value is -1.85. The molecule has 1 fully saturated rings. The van der Waals surface area contributed by atoms with Crippen molar-refractivity contribution in [1.29, 1.82) is 0 Å². The first-order valence-corrected chi connectivity index (χ1v) is 9.07. The molecular weight excluding hydrogens is 323 g/mol. The molecule has 0 unspecified atom stereocenters. The van der Waals surface area contributed by atoms with Crippen LogP contribution in [0.25, 0.3) is 0 Å². The molecule has 1 N–H and O–H groups in total. The number of nitrogens with zero attached hydrogens (tertiary/aromatic N) is 2. The van der Waals surface area contributed by atoms with Gasteiger partial charge in [0.2, 0.25) is 0 Å². The zero-order chi connectivity index (χ0) is 16.6. The van der Waals surface area contributed by atoms with Gasteiger partial charge in [0.1, 0.15) is 5.82 Å². The summed E-state index contributed by atoms with van der Waals surface area (Å²) >= 11 is 1.57. The van der Waals surface area contributed by atoms with Gasteiger partial charge < -0.3 is 10.0 Å². The van der Waals surface area contributed by atoms with Gasteiger partial charge in [0, 0.05) is 12.1 Å². The summed E-state index contributed by atoms with van der Waals surface area (Å²) in [5.74, 6) is -0.363. The highest BCUT2D eigenvalue weighted by molar-refractivity contribution is 8.14. The van der Waals surface area contributed by atoms with Crippen LogP contribution in [0.2, 0.25) is 0 Å². The average molecular weight is 342 g/mol. The van der Waals surface area contributed by atoms with Gasteiger partial charge in [0.25, 0.3) is 0 Å². The molecule has 3 nitrogen and oxygen atoms in total. The summed E-state index contributed by atoms with van der Waals surface area (Å²) < 4.78 is 14.4. The zero-order valence-electron chi connectivity index (χ0n) is 13.2. The van der Waals surface area contributed by atoms with E-state index in [4.69, 9.17) is 0 Å². The molecule has 0 spiro atoms. The molecule has 2 heterocycles. The monoisotopic (exact) mass is 342 g/mol. The van der Waals surface area contributed by atoms with Crippen molar-refractivity contribution in [1.82, 2.24) is 4.90 Å². The zero-order valence-corrected chi connectivity index (χ0v) is 14.0. The number of thioether (sulfide) groups is 1. The number of fused-ring (bicyclic) bond motifs is 1. The van der Waals surface area contributed by atoms with Crippen LogP contribution in [0, 0.1) is 5.82 Å². The van der Waals surface area contributed by atoms with E-state index in [1.807, 2.05) is 23.1 Å². The van der Waals surface area contributed by atoms with E-state index < -0.39 is 5.72 Å². The van der Waals surface area contributed by atoms with Gasteiger partial charge in [-0.1, -0.05) is 60.3 Å². The summed E-state index contributed by atoms with van der Waals surface area (Å²) in [7, 11) is 0. The summed E-state index contributed by atoms with van der Waals surface area (Å²) in [5.41, 5.74) is 0.241. The predicted molar refractivity (Wildman–Crippen MR) is 95.4 cm³/mol. The molecule has 0 radical (unpaired) electrons. The highest BCUT2D eigenvalue weighted by atomic mass is 32.2. The van der Waals surface area contributed by atoms with Crippen LogP contribution in [-0.4, -0.2) is 33.5 Å². The number of rotatable bonds is 4. The van der Waals surface area contributed by atoms with Crippen LogP contribution in [-0.2, 0) is 12.1 Å². The molecule has 1 saturated heterocycles. The van der Waals surface area contributed by atoms with Crippen LogP contribution < -0.4 is 0 Å². The van der Waals surface area contributed by atoms with E-state index in [1.165, 1.54) is 11.6 Å². The van der Waals surface area contributed by atoms with Gasteiger partial charge in [-0.05, 0) is 24.5 Å². The normalized spacial score (nSPS) is 25.7. The second-order valence-electron chi connectivity index (χ2n) is 6.15. The smallest absolute Gasteiger partial charge is 0.181 e. The van der Waals surface area contributed by atoms with Crippen molar-refractivity contribution in [2.24, 2.45) is 4.99 Å². The molecule has 2 aromatic rings. The highest BCUT2D eigenvalue weighted by Crippen LogP contribution is 2.48. The Bertz CT molecular complexity index is 767. The average Bonchev–Trinajstić information content (AvgIpc) is 3.17. The van der Waals surface area contributed by atoms with Crippen LogP contribution in [0.4, 0.5) is 4.39 Å². The fraction of sp³-hybridized carbons (Fsp3) is 0.316. The molecule has 0 amide bonds. The number of halogens is 1. The van der Waals surface area contributed by atoms with Crippen molar-refractivity contribution in [2.75, 3.05) is 13.1 Å². The molecule has 2 aromatic carbocycles. The van der Waals surface area contributed by atoms with E-state index in [-0.39, 0.29) is 11.1 Å². The lowest BCUT2D eigenvalue weighted by molar-refractivity contribution is -0.0697. The SMILES string of the molecule is O[C@@]1(c2ccccc2F)[C@H](CCc2ccccc2)SC2=NCCN21. The molecule has 4 rings (SSSR count). The molecular formula is C19H19FN2OS. The van der Waals surface area contributed by atoms with E-state index in [1.54, 1.807) is 30.0 Å². The van der Waals surface area contributed by atoms with E-state index in [0.29, 0.717) is 18.7 Å². The van der Waals surface area contributed by atoms with Crippen molar-refractivity contribution in [3.63, 3.8) is 0 Å². The summed E-state index contributed by atoms with van der Waals surface area (Å²) in [6.45, 7) is 1.29. The summed E-state index contributed by atoms with van der Waals surface area (Å²) in [4.78, 5) is 6.34. The Kier molecular flexibility index (Phi) is 4.06. The van der Waals surface area contributed by atoms with E-state index in [2.05, 4.69) is 17.1 Å². The van der Waals surface area contributed by atoms with Crippen LogP contribution in [0.1, 0.15) is 17.5 Å². The second kappa shape index (κ2) is 6.22. The largest absolute Gasteiger partial charge is 0.366 e. The van der Waals surface area contributed by atoms with Crippen molar-refractivity contribution < 1.29 is 9.50 Å². The van der Waals surface area contributed by atoms with Crippen molar-refractivity contribution in [2.45, 2.75) is 23.8 Å². The van der Waals surface area contributed by atoms with Crippen molar-refractivity contribution in [3.05, 3.63) is 71.5 Å². The summed E-state index contributed by atoms with van der Waals surface area (Å²) in [6.07, 6.45) is 1.60. The third kappa shape index (κ3) is 2.52. The Morgan fingerprint density at radius 3 is 2.71 bits per heavy atom. The quantitative estimate of drug-likeness (QED) is 0.925. The Morgan fingerprint density at radius 2 is 1.92 bits per heavy atom.